The van der Waals surface area contributed by atoms with Crippen LogP contribution in [-0.4, -0.2) is 9.97 Å². The van der Waals surface area contributed by atoms with Crippen molar-refractivity contribution in [2.75, 3.05) is 5.73 Å². The Labute approximate surface area is 106 Å². The molecule has 1 aliphatic carbocycles. The molecule has 3 rings (SSSR count). The van der Waals surface area contributed by atoms with E-state index in [0.717, 1.165) is 17.0 Å². The van der Waals surface area contributed by atoms with E-state index in [1.807, 2.05) is 19.1 Å². The van der Waals surface area contributed by atoms with Gasteiger partial charge in [0.1, 0.15) is 11.6 Å². The number of hydrogen-bond donors (Lipinski definition) is 1. The fourth-order valence-electron chi connectivity index (χ4n) is 2.65. The van der Waals surface area contributed by atoms with E-state index >= 15 is 0 Å². The van der Waals surface area contributed by atoms with Gasteiger partial charge in [0.15, 0.2) is 5.82 Å². The zero-order valence-corrected chi connectivity index (χ0v) is 10.5. The first-order chi connectivity index (χ1) is 8.74. The van der Waals surface area contributed by atoms with E-state index in [9.17, 15) is 0 Å². The van der Waals surface area contributed by atoms with Gasteiger partial charge in [-0.2, -0.15) is 0 Å². The molecule has 0 amide bonds. The lowest BCUT2D eigenvalue weighted by molar-refractivity contribution is 0.535. The molecule has 1 fully saturated rings. The molecule has 18 heavy (non-hydrogen) atoms. The summed E-state index contributed by atoms with van der Waals surface area (Å²) >= 11 is 0. The monoisotopic (exact) mass is 243 g/mol. The van der Waals surface area contributed by atoms with E-state index in [2.05, 4.69) is 9.97 Å². The average molecular weight is 243 g/mol. The zero-order chi connectivity index (χ0) is 12.5. The third kappa shape index (κ3) is 1.98. The molecule has 0 aromatic carbocycles. The molecule has 0 radical (unpaired) electrons. The Bertz CT molecular complexity index is 556. The lowest BCUT2D eigenvalue weighted by Gasteiger charge is -2.10. The van der Waals surface area contributed by atoms with Crippen LogP contribution in [-0.2, 0) is 0 Å². The van der Waals surface area contributed by atoms with Gasteiger partial charge < -0.3 is 10.2 Å². The third-order valence-electron chi connectivity index (χ3n) is 3.64. The quantitative estimate of drug-likeness (QED) is 0.879. The molecule has 0 unspecified atom stereocenters. The van der Waals surface area contributed by atoms with Crippen molar-refractivity contribution in [1.82, 2.24) is 9.97 Å². The molecule has 2 aromatic rings. The van der Waals surface area contributed by atoms with Gasteiger partial charge in [0.05, 0.1) is 11.8 Å². The van der Waals surface area contributed by atoms with Crippen LogP contribution in [0.25, 0.3) is 11.4 Å². The van der Waals surface area contributed by atoms with Gasteiger partial charge >= 0.3 is 0 Å². The summed E-state index contributed by atoms with van der Waals surface area (Å²) in [5.74, 6) is 2.60. The number of nitrogens with zero attached hydrogens (tertiary/aromatic N) is 2. The van der Waals surface area contributed by atoms with Crippen LogP contribution in [0.3, 0.4) is 0 Å². The molecule has 94 valence electrons. The second-order valence-corrected chi connectivity index (χ2v) is 4.91. The molecule has 0 aliphatic heterocycles. The Hall–Kier alpha value is -1.84. The van der Waals surface area contributed by atoms with Crippen molar-refractivity contribution in [3.63, 3.8) is 0 Å². The van der Waals surface area contributed by atoms with E-state index in [-0.39, 0.29) is 0 Å². The predicted octanol–water partition coefficient (Wildman–Crippen LogP) is 3.28. The fourth-order valence-corrected chi connectivity index (χ4v) is 2.65. The maximum absolute atomic E-state index is 5.90. The second kappa shape index (κ2) is 4.44. The minimum Gasteiger partial charge on any atom is -0.469 e. The number of aromatic nitrogens is 2. The van der Waals surface area contributed by atoms with Crippen LogP contribution in [0.1, 0.15) is 43.1 Å². The van der Waals surface area contributed by atoms with E-state index < -0.39 is 0 Å². The first kappa shape index (κ1) is 11.3. The molecule has 2 N–H and O–H groups in total. The number of rotatable bonds is 2. The number of aryl methyl sites for hydroxylation is 1. The molecule has 1 aliphatic rings. The molecule has 0 bridgehead atoms. The van der Waals surface area contributed by atoms with E-state index in [1.54, 1.807) is 6.26 Å². The molecule has 2 heterocycles. The van der Waals surface area contributed by atoms with Gasteiger partial charge in [-0.25, -0.2) is 9.97 Å². The van der Waals surface area contributed by atoms with Crippen molar-refractivity contribution in [2.24, 2.45) is 0 Å². The second-order valence-electron chi connectivity index (χ2n) is 4.91. The molecule has 1 saturated carbocycles. The van der Waals surface area contributed by atoms with Crippen LogP contribution >= 0.6 is 0 Å². The topological polar surface area (TPSA) is 64.9 Å². The molecular weight excluding hydrogens is 226 g/mol. The van der Waals surface area contributed by atoms with Gasteiger partial charge in [0, 0.05) is 17.7 Å². The van der Waals surface area contributed by atoms with Gasteiger partial charge in [0.25, 0.3) is 0 Å². The van der Waals surface area contributed by atoms with E-state index in [0.29, 0.717) is 17.6 Å². The fraction of sp³-hybridized carbons (Fsp3) is 0.429. The minimum atomic E-state index is 0.543. The summed E-state index contributed by atoms with van der Waals surface area (Å²) in [6.07, 6.45) is 6.65. The molecule has 4 nitrogen and oxygen atoms in total. The Balaban J connectivity index is 2.03. The van der Waals surface area contributed by atoms with Crippen LogP contribution in [0.15, 0.2) is 22.8 Å². The van der Waals surface area contributed by atoms with Crippen LogP contribution in [0.5, 0.6) is 0 Å². The molecule has 4 heteroatoms. The van der Waals surface area contributed by atoms with E-state index in [4.69, 9.17) is 10.2 Å². The maximum atomic E-state index is 5.90. The zero-order valence-electron chi connectivity index (χ0n) is 10.5. The number of nitrogen functional groups attached to an aromatic ring is 1. The highest BCUT2D eigenvalue weighted by atomic mass is 16.3. The summed E-state index contributed by atoms with van der Waals surface area (Å²) < 4.78 is 5.30. The van der Waals surface area contributed by atoms with Gasteiger partial charge in [-0.15, -0.1) is 0 Å². The summed E-state index contributed by atoms with van der Waals surface area (Å²) in [6, 6.07) is 3.80. The van der Waals surface area contributed by atoms with Crippen molar-refractivity contribution < 1.29 is 4.42 Å². The Kier molecular flexibility index (Phi) is 2.78. The highest BCUT2D eigenvalue weighted by molar-refractivity contribution is 5.59. The number of nitrogens with two attached hydrogens (primary N) is 1. The van der Waals surface area contributed by atoms with Gasteiger partial charge in [-0.3, -0.25) is 0 Å². The normalized spacial score (nSPS) is 16.3. The lowest BCUT2D eigenvalue weighted by Crippen LogP contribution is -2.03. The Morgan fingerprint density at radius 1 is 1.28 bits per heavy atom. The highest BCUT2D eigenvalue weighted by Crippen LogP contribution is 2.34. The molecule has 0 spiro atoms. The number of hydrogen-bond acceptors (Lipinski definition) is 4. The smallest absolute Gasteiger partial charge is 0.165 e. The van der Waals surface area contributed by atoms with Gasteiger partial charge in [0.2, 0.25) is 0 Å². The van der Waals surface area contributed by atoms with Gasteiger partial charge in [-0.1, -0.05) is 12.8 Å². The standard InChI is InChI=1S/C14H17N3O/c1-9-11(6-7-18-9)14-16-12(8-13(15)17-14)10-4-2-3-5-10/h6-8,10H,2-5H2,1H3,(H2,15,16,17). The number of furan rings is 1. The van der Waals surface area contributed by atoms with Crippen LogP contribution in [0.4, 0.5) is 5.82 Å². The third-order valence-corrected chi connectivity index (χ3v) is 3.64. The minimum absolute atomic E-state index is 0.543. The first-order valence-electron chi connectivity index (χ1n) is 6.43. The van der Waals surface area contributed by atoms with Crippen molar-refractivity contribution in [3.8, 4) is 11.4 Å². The predicted molar refractivity (Wildman–Crippen MR) is 70.1 cm³/mol. The van der Waals surface area contributed by atoms with Gasteiger partial charge in [-0.05, 0) is 25.8 Å². The number of anilines is 1. The molecule has 2 aromatic heterocycles. The summed E-state index contributed by atoms with van der Waals surface area (Å²) in [5.41, 5.74) is 7.91. The van der Waals surface area contributed by atoms with Crippen molar-refractivity contribution in [2.45, 2.75) is 38.5 Å². The first-order valence-corrected chi connectivity index (χ1v) is 6.43. The summed E-state index contributed by atoms with van der Waals surface area (Å²) in [6.45, 7) is 1.91. The average Bonchev–Trinajstić information content (AvgIpc) is 2.98. The summed E-state index contributed by atoms with van der Waals surface area (Å²) in [5, 5.41) is 0. The molecular formula is C14H17N3O. The van der Waals surface area contributed by atoms with Crippen LogP contribution in [0, 0.1) is 6.92 Å². The molecule has 0 atom stereocenters. The Morgan fingerprint density at radius 2 is 2.06 bits per heavy atom. The maximum Gasteiger partial charge on any atom is 0.165 e. The van der Waals surface area contributed by atoms with Crippen LogP contribution < -0.4 is 5.73 Å². The molecule has 0 saturated heterocycles. The van der Waals surface area contributed by atoms with E-state index in [1.165, 1.54) is 25.7 Å². The summed E-state index contributed by atoms with van der Waals surface area (Å²) in [7, 11) is 0. The van der Waals surface area contributed by atoms with Crippen LogP contribution in [0.2, 0.25) is 0 Å². The Morgan fingerprint density at radius 3 is 2.72 bits per heavy atom. The lowest BCUT2D eigenvalue weighted by atomic mass is 10.0. The summed E-state index contributed by atoms with van der Waals surface area (Å²) in [4.78, 5) is 8.98. The van der Waals surface area contributed by atoms with Crippen molar-refractivity contribution >= 4 is 5.82 Å². The largest absolute Gasteiger partial charge is 0.469 e. The van der Waals surface area contributed by atoms with Crippen molar-refractivity contribution in [1.29, 1.82) is 0 Å². The highest BCUT2D eigenvalue weighted by Gasteiger charge is 2.20. The van der Waals surface area contributed by atoms with Crippen molar-refractivity contribution in [3.05, 3.63) is 29.9 Å². The SMILES string of the molecule is Cc1occc1-c1nc(N)cc(C2CCCC2)n1.